The van der Waals surface area contributed by atoms with Crippen molar-refractivity contribution >= 4 is 21.7 Å². The van der Waals surface area contributed by atoms with Crippen LogP contribution in [0, 0.1) is 0 Å². The SMILES string of the molecule is CCOC(=O)CS(=O)(=O)N(C)c1ccc(O)cc1. The molecule has 0 bridgehead atoms. The molecule has 1 aromatic carbocycles. The van der Waals surface area contributed by atoms with Crippen LogP contribution < -0.4 is 4.31 Å². The quantitative estimate of drug-likeness (QED) is 0.799. The first-order valence-electron chi connectivity index (χ1n) is 5.28. The maximum Gasteiger partial charge on any atom is 0.323 e. The molecule has 1 N–H and O–H groups in total. The van der Waals surface area contributed by atoms with Gasteiger partial charge in [-0.25, -0.2) is 8.42 Å². The van der Waals surface area contributed by atoms with E-state index in [0.29, 0.717) is 5.69 Å². The zero-order chi connectivity index (χ0) is 13.8. The summed E-state index contributed by atoms with van der Waals surface area (Å²) in [4.78, 5) is 11.2. The molecule has 0 aliphatic rings. The van der Waals surface area contributed by atoms with E-state index in [4.69, 9.17) is 5.11 Å². The lowest BCUT2D eigenvalue weighted by molar-refractivity contribution is -0.139. The molecule has 1 aromatic rings. The van der Waals surface area contributed by atoms with Crippen LogP contribution >= 0.6 is 0 Å². The largest absolute Gasteiger partial charge is 0.508 e. The van der Waals surface area contributed by atoms with Crippen LogP contribution in [0.5, 0.6) is 5.75 Å². The van der Waals surface area contributed by atoms with Crippen LogP contribution in [0.3, 0.4) is 0 Å². The molecule has 0 heterocycles. The van der Waals surface area contributed by atoms with Gasteiger partial charge in [0, 0.05) is 7.05 Å². The number of benzene rings is 1. The lowest BCUT2D eigenvalue weighted by Crippen LogP contribution is -2.33. The molecule has 18 heavy (non-hydrogen) atoms. The molecule has 0 radical (unpaired) electrons. The fraction of sp³-hybridized carbons (Fsp3) is 0.364. The van der Waals surface area contributed by atoms with Crippen molar-refractivity contribution in [1.82, 2.24) is 0 Å². The van der Waals surface area contributed by atoms with Gasteiger partial charge >= 0.3 is 5.97 Å². The average molecular weight is 273 g/mol. The lowest BCUT2D eigenvalue weighted by Gasteiger charge is -2.18. The third-order valence-corrected chi connectivity index (χ3v) is 3.88. The molecule has 6 nitrogen and oxygen atoms in total. The molecular weight excluding hydrogens is 258 g/mol. The standard InChI is InChI=1S/C11H15NO5S/c1-3-17-11(14)8-18(15,16)12(2)9-4-6-10(13)7-5-9/h4-7,13H,3,8H2,1-2H3. The van der Waals surface area contributed by atoms with Gasteiger partial charge in [-0.15, -0.1) is 0 Å². The van der Waals surface area contributed by atoms with Crippen molar-refractivity contribution in [2.75, 3.05) is 23.7 Å². The highest BCUT2D eigenvalue weighted by Gasteiger charge is 2.23. The summed E-state index contributed by atoms with van der Waals surface area (Å²) in [6, 6.07) is 5.62. The predicted octanol–water partition coefficient (Wildman–Crippen LogP) is 0.721. The van der Waals surface area contributed by atoms with Crippen LogP contribution in [0.2, 0.25) is 0 Å². The van der Waals surface area contributed by atoms with Crippen LogP contribution in [-0.2, 0) is 19.6 Å². The molecule has 0 amide bonds. The number of aromatic hydroxyl groups is 1. The molecular formula is C11H15NO5S. The predicted molar refractivity (Wildman–Crippen MR) is 66.9 cm³/mol. The number of esters is 1. The van der Waals surface area contributed by atoms with E-state index in [1.807, 2.05) is 0 Å². The van der Waals surface area contributed by atoms with Crippen LogP contribution in [0.15, 0.2) is 24.3 Å². The Morgan fingerprint density at radius 2 is 1.89 bits per heavy atom. The fourth-order valence-electron chi connectivity index (χ4n) is 1.27. The average Bonchev–Trinajstić information content (AvgIpc) is 2.28. The maximum atomic E-state index is 11.9. The van der Waals surface area contributed by atoms with Crippen molar-refractivity contribution in [2.24, 2.45) is 0 Å². The summed E-state index contributed by atoms with van der Waals surface area (Å²) in [6.45, 7) is 1.74. The number of hydrogen-bond acceptors (Lipinski definition) is 5. The summed E-state index contributed by atoms with van der Waals surface area (Å²) in [5, 5.41) is 9.11. The maximum absolute atomic E-state index is 11.9. The van der Waals surface area contributed by atoms with Gasteiger partial charge in [-0.05, 0) is 31.2 Å². The molecule has 0 fully saturated rings. The molecule has 0 saturated carbocycles. The van der Waals surface area contributed by atoms with Crippen molar-refractivity contribution < 1.29 is 23.1 Å². The number of nitrogens with zero attached hydrogens (tertiary/aromatic N) is 1. The van der Waals surface area contributed by atoms with E-state index in [1.165, 1.54) is 31.3 Å². The second kappa shape index (κ2) is 5.72. The summed E-state index contributed by atoms with van der Waals surface area (Å²) in [5.41, 5.74) is 0.358. The second-order valence-electron chi connectivity index (χ2n) is 3.55. The van der Waals surface area contributed by atoms with E-state index in [1.54, 1.807) is 6.92 Å². The molecule has 0 saturated heterocycles. The number of phenols is 1. The second-order valence-corrected chi connectivity index (χ2v) is 5.55. The van der Waals surface area contributed by atoms with E-state index in [2.05, 4.69) is 4.74 Å². The number of sulfonamides is 1. The van der Waals surface area contributed by atoms with Crippen LogP contribution in [0.25, 0.3) is 0 Å². The molecule has 7 heteroatoms. The fourth-order valence-corrected chi connectivity index (χ4v) is 2.29. The monoisotopic (exact) mass is 273 g/mol. The van der Waals surface area contributed by atoms with Gasteiger partial charge in [0.1, 0.15) is 5.75 Å². The van der Waals surface area contributed by atoms with E-state index >= 15 is 0 Å². The molecule has 0 aromatic heterocycles. The Balaban J connectivity index is 2.85. The van der Waals surface area contributed by atoms with Crippen molar-refractivity contribution in [1.29, 1.82) is 0 Å². The Kier molecular flexibility index (Phi) is 4.55. The number of hydrogen-bond donors (Lipinski definition) is 1. The van der Waals surface area contributed by atoms with Crippen molar-refractivity contribution in [3.63, 3.8) is 0 Å². The van der Waals surface area contributed by atoms with Gasteiger partial charge < -0.3 is 9.84 Å². The minimum Gasteiger partial charge on any atom is -0.508 e. The zero-order valence-electron chi connectivity index (χ0n) is 10.2. The first kappa shape index (κ1) is 14.3. The highest BCUT2D eigenvalue weighted by atomic mass is 32.2. The van der Waals surface area contributed by atoms with Gasteiger partial charge in [-0.1, -0.05) is 0 Å². The summed E-state index contributed by atoms with van der Waals surface area (Å²) < 4.78 is 29.3. The van der Waals surface area contributed by atoms with Crippen molar-refractivity contribution in [2.45, 2.75) is 6.92 Å². The Bertz CT molecular complexity index is 509. The van der Waals surface area contributed by atoms with E-state index in [0.717, 1.165) is 4.31 Å². The third-order valence-electron chi connectivity index (χ3n) is 2.24. The molecule has 1 rings (SSSR count). The number of carbonyl (C=O) groups excluding carboxylic acids is 1. The Labute approximate surface area is 106 Å². The summed E-state index contributed by atoms with van der Waals surface area (Å²) in [5.74, 6) is -1.46. The summed E-state index contributed by atoms with van der Waals surface area (Å²) >= 11 is 0. The number of phenolic OH excluding ortho intramolecular Hbond substituents is 1. The van der Waals surface area contributed by atoms with Crippen molar-refractivity contribution in [3.8, 4) is 5.75 Å². The normalized spacial score (nSPS) is 11.0. The van der Waals surface area contributed by atoms with E-state index < -0.39 is 21.7 Å². The highest BCUT2D eigenvalue weighted by molar-refractivity contribution is 7.93. The van der Waals surface area contributed by atoms with E-state index in [-0.39, 0.29) is 12.4 Å². The molecule has 0 atom stereocenters. The highest BCUT2D eigenvalue weighted by Crippen LogP contribution is 2.19. The number of rotatable bonds is 5. The third kappa shape index (κ3) is 3.63. The smallest absolute Gasteiger partial charge is 0.323 e. The topological polar surface area (TPSA) is 83.9 Å². The van der Waals surface area contributed by atoms with Gasteiger partial charge in [-0.2, -0.15) is 0 Å². The number of ether oxygens (including phenoxy) is 1. The number of anilines is 1. The summed E-state index contributed by atoms with van der Waals surface area (Å²) in [7, 11) is -2.44. The van der Waals surface area contributed by atoms with E-state index in [9.17, 15) is 13.2 Å². The molecule has 0 unspecified atom stereocenters. The lowest BCUT2D eigenvalue weighted by atomic mass is 10.3. The van der Waals surface area contributed by atoms with Crippen LogP contribution in [0.1, 0.15) is 6.92 Å². The Morgan fingerprint density at radius 1 is 1.33 bits per heavy atom. The molecule has 0 aliphatic heterocycles. The Morgan fingerprint density at radius 3 is 2.39 bits per heavy atom. The van der Waals surface area contributed by atoms with Crippen molar-refractivity contribution in [3.05, 3.63) is 24.3 Å². The van der Waals surface area contributed by atoms with Crippen LogP contribution in [-0.4, -0.2) is 38.9 Å². The minimum atomic E-state index is -3.77. The van der Waals surface area contributed by atoms with Gasteiger partial charge in [-0.3, -0.25) is 9.10 Å². The van der Waals surface area contributed by atoms with Crippen LogP contribution in [0.4, 0.5) is 5.69 Å². The number of carbonyl (C=O) groups is 1. The molecule has 0 spiro atoms. The van der Waals surface area contributed by atoms with Gasteiger partial charge in [0.15, 0.2) is 5.75 Å². The van der Waals surface area contributed by atoms with Gasteiger partial charge in [0.2, 0.25) is 10.0 Å². The Hall–Kier alpha value is -1.76. The van der Waals surface area contributed by atoms with Gasteiger partial charge in [0.25, 0.3) is 0 Å². The molecule has 0 aliphatic carbocycles. The minimum absolute atomic E-state index is 0.0370. The molecule has 100 valence electrons. The van der Waals surface area contributed by atoms with Gasteiger partial charge in [0.05, 0.1) is 12.3 Å². The zero-order valence-corrected chi connectivity index (χ0v) is 11.0. The first-order chi connectivity index (χ1) is 8.36. The summed E-state index contributed by atoms with van der Waals surface area (Å²) in [6.07, 6.45) is 0. The first-order valence-corrected chi connectivity index (χ1v) is 6.89.